The Labute approximate surface area is 162 Å². The first-order valence-corrected chi connectivity index (χ1v) is 9.66. The summed E-state index contributed by atoms with van der Waals surface area (Å²) < 4.78 is 6.58. The molecule has 136 valence electrons. The molecule has 0 fully saturated rings. The predicted octanol–water partition coefficient (Wildman–Crippen LogP) is 5.28. The van der Waals surface area contributed by atoms with Crippen molar-refractivity contribution < 1.29 is 9.21 Å². The third-order valence-electron chi connectivity index (χ3n) is 4.44. The van der Waals surface area contributed by atoms with Gasteiger partial charge in [0.2, 0.25) is 5.91 Å². The van der Waals surface area contributed by atoms with Crippen LogP contribution in [-0.2, 0) is 17.8 Å². The fourth-order valence-electron chi connectivity index (χ4n) is 3.16. The Morgan fingerprint density at radius 1 is 1.11 bits per heavy atom. The fourth-order valence-corrected chi connectivity index (χ4v) is 4.32. The summed E-state index contributed by atoms with van der Waals surface area (Å²) in [6, 6.07) is 17.7. The second kappa shape index (κ2) is 7.37. The molecule has 0 saturated carbocycles. The summed E-state index contributed by atoms with van der Waals surface area (Å²) in [4.78, 5) is 19.6. The van der Waals surface area contributed by atoms with Crippen molar-refractivity contribution in [2.24, 2.45) is 0 Å². The van der Waals surface area contributed by atoms with E-state index in [9.17, 15) is 4.79 Å². The highest BCUT2D eigenvalue weighted by molar-refractivity contribution is 7.22. The molecule has 27 heavy (non-hydrogen) atoms. The molecule has 2 aromatic heterocycles. The van der Waals surface area contributed by atoms with Crippen molar-refractivity contribution in [1.82, 2.24) is 4.98 Å². The number of amides is 1. The molecule has 0 N–H and O–H groups in total. The third-order valence-corrected chi connectivity index (χ3v) is 5.47. The van der Waals surface area contributed by atoms with Crippen LogP contribution in [-0.4, -0.2) is 10.9 Å². The zero-order valence-corrected chi connectivity index (χ0v) is 16.1. The maximum atomic E-state index is 13.1. The molecule has 4 rings (SSSR count). The molecule has 0 unspecified atom stereocenters. The first-order valence-electron chi connectivity index (χ1n) is 8.84. The Balaban J connectivity index is 1.71. The molecule has 0 spiro atoms. The number of aryl methyl sites for hydroxylation is 2. The second-order valence-corrected chi connectivity index (χ2v) is 7.66. The van der Waals surface area contributed by atoms with E-state index in [-0.39, 0.29) is 5.91 Å². The third kappa shape index (κ3) is 3.78. The largest absolute Gasteiger partial charge is 0.467 e. The maximum absolute atomic E-state index is 13.1. The van der Waals surface area contributed by atoms with Crippen molar-refractivity contribution in [1.29, 1.82) is 0 Å². The first kappa shape index (κ1) is 17.5. The minimum absolute atomic E-state index is 0.00558. The number of hydrogen-bond acceptors (Lipinski definition) is 4. The number of hydrogen-bond donors (Lipinski definition) is 0. The SMILES string of the molecule is Cc1cc(C)c2nc(N(Cc3ccco3)C(=O)Cc3ccccc3)sc2c1. The molecular weight excluding hydrogens is 356 g/mol. The van der Waals surface area contributed by atoms with Crippen LogP contribution in [0, 0.1) is 13.8 Å². The van der Waals surface area contributed by atoms with Gasteiger partial charge in [-0.1, -0.05) is 47.7 Å². The van der Waals surface area contributed by atoms with Crippen LogP contribution in [0.1, 0.15) is 22.5 Å². The van der Waals surface area contributed by atoms with Crippen molar-refractivity contribution in [2.75, 3.05) is 4.90 Å². The molecule has 2 aromatic carbocycles. The van der Waals surface area contributed by atoms with Gasteiger partial charge in [0.15, 0.2) is 5.13 Å². The van der Waals surface area contributed by atoms with Gasteiger partial charge in [0.05, 0.1) is 29.4 Å². The zero-order valence-electron chi connectivity index (χ0n) is 15.3. The number of anilines is 1. The highest BCUT2D eigenvalue weighted by Crippen LogP contribution is 2.32. The van der Waals surface area contributed by atoms with E-state index >= 15 is 0 Å². The standard InChI is InChI=1S/C22H20N2O2S/c1-15-11-16(2)21-19(12-15)27-22(23-21)24(14-18-9-6-10-26-18)20(25)13-17-7-4-3-5-8-17/h3-12H,13-14H2,1-2H3. The fraction of sp³-hybridized carbons (Fsp3) is 0.182. The first-order chi connectivity index (χ1) is 13.1. The van der Waals surface area contributed by atoms with Crippen LogP contribution in [0.5, 0.6) is 0 Å². The lowest BCUT2D eigenvalue weighted by molar-refractivity contribution is -0.118. The highest BCUT2D eigenvalue weighted by Gasteiger charge is 2.22. The molecule has 0 radical (unpaired) electrons. The van der Waals surface area contributed by atoms with E-state index in [4.69, 9.17) is 9.40 Å². The van der Waals surface area contributed by atoms with Gasteiger partial charge in [0.1, 0.15) is 5.76 Å². The van der Waals surface area contributed by atoms with Gasteiger partial charge in [-0.2, -0.15) is 0 Å². The minimum atomic E-state index is 0.00558. The minimum Gasteiger partial charge on any atom is -0.467 e. The average Bonchev–Trinajstić information content (AvgIpc) is 3.29. The molecule has 0 bridgehead atoms. The number of thiazole rings is 1. The molecule has 2 heterocycles. The summed E-state index contributed by atoms with van der Waals surface area (Å²) in [6.07, 6.45) is 1.95. The van der Waals surface area contributed by atoms with Gasteiger partial charge in [0.25, 0.3) is 0 Å². The van der Waals surface area contributed by atoms with Gasteiger partial charge in [-0.3, -0.25) is 9.69 Å². The van der Waals surface area contributed by atoms with Crippen molar-refractivity contribution in [3.05, 3.63) is 83.3 Å². The van der Waals surface area contributed by atoms with Crippen LogP contribution in [0.3, 0.4) is 0 Å². The lowest BCUT2D eigenvalue weighted by Gasteiger charge is -2.18. The molecule has 4 nitrogen and oxygen atoms in total. The number of carbonyl (C=O) groups is 1. The van der Waals surface area contributed by atoms with Gasteiger partial charge >= 0.3 is 0 Å². The van der Waals surface area contributed by atoms with Crippen LogP contribution >= 0.6 is 11.3 Å². The normalized spacial score (nSPS) is 11.0. The van der Waals surface area contributed by atoms with E-state index in [1.807, 2.05) is 42.5 Å². The van der Waals surface area contributed by atoms with Crippen molar-refractivity contribution in [3.63, 3.8) is 0 Å². The average molecular weight is 376 g/mol. The number of carbonyl (C=O) groups excluding carboxylic acids is 1. The van der Waals surface area contributed by atoms with Crippen molar-refractivity contribution in [3.8, 4) is 0 Å². The van der Waals surface area contributed by atoms with E-state index in [0.717, 1.165) is 27.1 Å². The molecule has 0 atom stereocenters. The van der Waals surface area contributed by atoms with E-state index in [2.05, 4.69) is 26.0 Å². The van der Waals surface area contributed by atoms with Crippen LogP contribution in [0.15, 0.2) is 65.3 Å². The van der Waals surface area contributed by atoms with Crippen LogP contribution < -0.4 is 4.90 Å². The van der Waals surface area contributed by atoms with Crippen molar-refractivity contribution >= 4 is 32.6 Å². The van der Waals surface area contributed by atoms with E-state index < -0.39 is 0 Å². The molecule has 0 saturated heterocycles. The Morgan fingerprint density at radius 3 is 2.67 bits per heavy atom. The number of aromatic nitrogens is 1. The molecular formula is C22H20N2O2S. The van der Waals surface area contributed by atoms with E-state index in [0.29, 0.717) is 18.1 Å². The Morgan fingerprint density at radius 2 is 1.93 bits per heavy atom. The number of benzene rings is 2. The quantitative estimate of drug-likeness (QED) is 0.476. The number of fused-ring (bicyclic) bond motifs is 1. The van der Waals surface area contributed by atoms with Crippen LogP contribution in [0.25, 0.3) is 10.2 Å². The molecule has 0 aliphatic carbocycles. The highest BCUT2D eigenvalue weighted by atomic mass is 32.1. The van der Waals surface area contributed by atoms with Crippen LogP contribution in [0.2, 0.25) is 0 Å². The number of furan rings is 1. The molecule has 0 aliphatic heterocycles. The predicted molar refractivity (Wildman–Crippen MR) is 109 cm³/mol. The topological polar surface area (TPSA) is 46.3 Å². The van der Waals surface area contributed by atoms with E-state index in [1.165, 1.54) is 5.56 Å². The monoisotopic (exact) mass is 376 g/mol. The lowest BCUT2D eigenvalue weighted by Crippen LogP contribution is -2.31. The Kier molecular flexibility index (Phi) is 4.77. The molecule has 1 amide bonds. The smallest absolute Gasteiger partial charge is 0.233 e. The summed E-state index contributed by atoms with van der Waals surface area (Å²) in [5.74, 6) is 0.745. The van der Waals surface area contributed by atoms with Gasteiger partial charge in [-0.15, -0.1) is 0 Å². The summed E-state index contributed by atoms with van der Waals surface area (Å²) >= 11 is 1.55. The summed E-state index contributed by atoms with van der Waals surface area (Å²) in [7, 11) is 0. The van der Waals surface area contributed by atoms with Crippen molar-refractivity contribution in [2.45, 2.75) is 26.8 Å². The van der Waals surface area contributed by atoms with E-state index in [1.54, 1.807) is 22.5 Å². The summed E-state index contributed by atoms with van der Waals surface area (Å²) in [5.41, 5.74) is 4.27. The van der Waals surface area contributed by atoms with Gasteiger partial charge in [0, 0.05) is 0 Å². The molecule has 4 aromatic rings. The molecule has 5 heteroatoms. The Hall–Kier alpha value is -2.92. The maximum Gasteiger partial charge on any atom is 0.233 e. The Bertz CT molecular complexity index is 1070. The lowest BCUT2D eigenvalue weighted by atomic mass is 10.1. The number of nitrogens with zero attached hydrogens (tertiary/aromatic N) is 2. The van der Waals surface area contributed by atoms with Gasteiger partial charge in [-0.05, 0) is 48.7 Å². The number of rotatable bonds is 5. The van der Waals surface area contributed by atoms with Crippen LogP contribution in [0.4, 0.5) is 5.13 Å². The zero-order chi connectivity index (χ0) is 18.8. The van der Waals surface area contributed by atoms with Gasteiger partial charge in [-0.25, -0.2) is 4.98 Å². The summed E-state index contributed by atoms with van der Waals surface area (Å²) in [5, 5.41) is 0.705. The molecule has 0 aliphatic rings. The second-order valence-electron chi connectivity index (χ2n) is 6.65. The van der Waals surface area contributed by atoms with Gasteiger partial charge < -0.3 is 4.42 Å². The summed E-state index contributed by atoms with van der Waals surface area (Å²) in [6.45, 7) is 4.50.